The first kappa shape index (κ1) is 12.4. The summed E-state index contributed by atoms with van der Waals surface area (Å²) in [7, 11) is 0. The summed E-state index contributed by atoms with van der Waals surface area (Å²) >= 11 is 1.64. The Kier molecular flexibility index (Phi) is 3.25. The van der Waals surface area contributed by atoms with Crippen molar-refractivity contribution in [1.29, 1.82) is 0 Å². The molecule has 0 N–H and O–H groups in total. The van der Waals surface area contributed by atoms with Crippen LogP contribution in [0.4, 0.5) is 0 Å². The molecule has 0 unspecified atom stereocenters. The van der Waals surface area contributed by atoms with E-state index in [1.165, 1.54) is 12.8 Å². The van der Waals surface area contributed by atoms with Gasteiger partial charge in [-0.25, -0.2) is 4.98 Å². The zero-order valence-electron chi connectivity index (χ0n) is 11.1. The lowest BCUT2D eigenvalue weighted by atomic mass is 10.3. The van der Waals surface area contributed by atoms with Gasteiger partial charge in [-0.1, -0.05) is 0 Å². The molecule has 4 rings (SSSR count). The van der Waals surface area contributed by atoms with Crippen LogP contribution in [0.25, 0.3) is 0 Å². The first-order valence-electron chi connectivity index (χ1n) is 6.94. The van der Waals surface area contributed by atoms with Crippen LogP contribution >= 0.6 is 11.3 Å². The van der Waals surface area contributed by atoms with Crippen LogP contribution in [-0.2, 0) is 11.3 Å². The summed E-state index contributed by atoms with van der Waals surface area (Å²) < 4.78 is 11.5. The Morgan fingerprint density at radius 1 is 1.35 bits per heavy atom. The SMILES string of the molecule is c1csc([C@@H]2CN(Cc3nnc(C4CC4)o3)CCO2)n1. The maximum atomic E-state index is 5.78. The molecule has 0 amide bonds. The molecule has 2 aromatic heterocycles. The molecule has 1 aliphatic carbocycles. The van der Waals surface area contributed by atoms with E-state index < -0.39 is 0 Å². The van der Waals surface area contributed by atoms with Gasteiger partial charge in [-0.2, -0.15) is 0 Å². The highest BCUT2D eigenvalue weighted by atomic mass is 32.1. The smallest absolute Gasteiger partial charge is 0.230 e. The van der Waals surface area contributed by atoms with Crippen molar-refractivity contribution in [1.82, 2.24) is 20.1 Å². The topological polar surface area (TPSA) is 64.3 Å². The summed E-state index contributed by atoms with van der Waals surface area (Å²) in [6.07, 6.45) is 4.26. The molecule has 7 heteroatoms. The first-order chi connectivity index (χ1) is 9.88. The summed E-state index contributed by atoms with van der Waals surface area (Å²) in [6, 6.07) is 0. The van der Waals surface area contributed by atoms with Gasteiger partial charge in [0.15, 0.2) is 0 Å². The Labute approximate surface area is 120 Å². The van der Waals surface area contributed by atoms with Gasteiger partial charge in [0, 0.05) is 30.6 Å². The molecule has 6 nitrogen and oxygen atoms in total. The summed E-state index contributed by atoms with van der Waals surface area (Å²) in [6.45, 7) is 3.14. The van der Waals surface area contributed by atoms with Crippen molar-refractivity contribution >= 4 is 11.3 Å². The molecule has 0 radical (unpaired) electrons. The quantitative estimate of drug-likeness (QED) is 0.858. The molecule has 3 heterocycles. The number of ether oxygens (including phenoxy) is 1. The lowest BCUT2D eigenvalue weighted by Gasteiger charge is -2.30. The second kappa shape index (κ2) is 5.23. The van der Waals surface area contributed by atoms with Crippen LogP contribution in [0.3, 0.4) is 0 Å². The molecule has 1 aliphatic heterocycles. The van der Waals surface area contributed by atoms with Gasteiger partial charge < -0.3 is 9.15 Å². The second-order valence-electron chi connectivity index (χ2n) is 5.27. The average molecular weight is 292 g/mol. The van der Waals surface area contributed by atoms with Gasteiger partial charge >= 0.3 is 0 Å². The predicted molar refractivity (Wildman–Crippen MR) is 72.4 cm³/mol. The van der Waals surface area contributed by atoms with Crippen LogP contribution in [0.2, 0.25) is 0 Å². The summed E-state index contributed by atoms with van der Waals surface area (Å²) in [5, 5.41) is 11.3. The van der Waals surface area contributed by atoms with E-state index in [1.807, 2.05) is 11.6 Å². The summed E-state index contributed by atoms with van der Waals surface area (Å²) in [5.74, 6) is 2.04. The van der Waals surface area contributed by atoms with E-state index in [0.29, 0.717) is 25.0 Å². The fourth-order valence-electron chi connectivity index (χ4n) is 2.41. The van der Waals surface area contributed by atoms with Crippen LogP contribution < -0.4 is 0 Å². The molecular formula is C13H16N4O2S. The zero-order chi connectivity index (χ0) is 13.4. The molecule has 0 spiro atoms. The maximum Gasteiger partial charge on any atom is 0.230 e. The lowest BCUT2D eigenvalue weighted by Crippen LogP contribution is -2.37. The Balaban J connectivity index is 1.40. The molecule has 0 bridgehead atoms. The highest BCUT2D eigenvalue weighted by Gasteiger charge is 2.30. The van der Waals surface area contributed by atoms with Gasteiger partial charge in [-0.05, 0) is 12.8 Å². The molecular weight excluding hydrogens is 276 g/mol. The fourth-order valence-corrected chi connectivity index (χ4v) is 3.08. The molecule has 2 aliphatic rings. The van der Waals surface area contributed by atoms with Gasteiger partial charge in [-0.15, -0.1) is 21.5 Å². The van der Waals surface area contributed by atoms with Gasteiger partial charge in [0.25, 0.3) is 0 Å². The molecule has 0 aromatic carbocycles. The monoisotopic (exact) mass is 292 g/mol. The van der Waals surface area contributed by atoms with E-state index in [4.69, 9.17) is 9.15 Å². The van der Waals surface area contributed by atoms with Crippen molar-refractivity contribution in [2.24, 2.45) is 0 Å². The highest BCUT2D eigenvalue weighted by molar-refractivity contribution is 7.09. The Morgan fingerprint density at radius 2 is 2.30 bits per heavy atom. The average Bonchev–Trinajstić information content (AvgIpc) is 3.00. The van der Waals surface area contributed by atoms with E-state index in [2.05, 4.69) is 20.1 Å². The maximum absolute atomic E-state index is 5.78. The van der Waals surface area contributed by atoms with Crippen LogP contribution in [-0.4, -0.2) is 39.8 Å². The van der Waals surface area contributed by atoms with Gasteiger partial charge in [-0.3, -0.25) is 4.90 Å². The predicted octanol–water partition coefficient (Wildman–Crippen LogP) is 1.98. The van der Waals surface area contributed by atoms with Crippen molar-refractivity contribution in [2.75, 3.05) is 19.7 Å². The Hall–Kier alpha value is -1.31. The number of hydrogen-bond donors (Lipinski definition) is 0. The number of morpholine rings is 1. The van der Waals surface area contributed by atoms with Gasteiger partial charge in [0.1, 0.15) is 11.1 Å². The number of hydrogen-bond acceptors (Lipinski definition) is 7. The van der Waals surface area contributed by atoms with Crippen molar-refractivity contribution in [3.05, 3.63) is 28.4 Å². The third-order valence-corrected chi connectivity index (χ3v) is 4.51. The van der Waals surface area contributed by atoms with E-state index in [0.717, 1.165) is 24.0 Å². The lowest BCUT2D eigenvalue weighted by molar-refractivity contribution is -0.0353. The Bertz CT molecular complexity index is 567. The minimum atomic E-state index is 0.0644. The third-order valence-electron chi connectivity index (χ3n) is 3.65. The molecule has 2 aromatic rings. The zero-order valence-corrected chi connectivity index (χ0v) is 11.9. The van der Waals surface area contributed by atoms with Crippen LogP contribution in [0.15, 0.2) is 16.0 Å². The normalized spacial score (nSPS) is 24.1. The largest absolute Gasteiger partial charge is 0.424 e. The molecule has 2 fully saturated rings. The van der Waals surface area contributed by atoms with E-state index >= 15 is 0 Å². The molecule has 1 saturated heterocycles. The Morgan fingerprint density at radius 3 is 3.10 bits per heavy atom. The fraction of sp³-hybridized carbons (Fsp3) is 0.615. The van der Waals surface area contributed by atoms with Crippen LogP contribution in [0, 0.1) is 0 Å². The molecule has 1 atom stereocenters. The van der Waals surface area contributed by atoms with E-state index in [9.17, 15) is 0 Å². The van der Waals surface area contributed by atoms with Crippen molar-refractivity contribution in [3.8, 4) is 0 Å². The first-order valence-corrected chi connectivity index (χ1v) is 7.82. The van der Waals surface area contributed by atoms with Crippen molar-refractivity contribution < 1.29 is 9.15 Å². The molecule has 1 saturated carbocycles. The van der Waals surface area contributed by atoms with Crippen LogP contribution in [0.5, 0.6) is 0 Å². The standard InChI is InChI=1S/C13H16N4O2S/c1-2-9(1)12-16-15-11(19-12)8-17-4-5-18-10(7-17)13-14-3-6-20-13/h3,6,9-10H,1-2,4-5,7-8H2/t10-/m0/s1. The molecule has 106 valence electrons. The summed E-state index contributed by atoms with van der Waals surface area (Å²) in [4.78, 5) is 6.62. The minimum absolute atomic E-state index is 0.0644. The third kappa shape index (κ3) is 2.61. The van der Waals surface area contributed by atoms with Crippen molar-refractivity contribution in [2.45, 2.75) is 31.4 Å². The van der Waals surface area contributed by atoms with E-state index in [1.54, 1.807) is 11.3 Å². The van der Waals surface area contributed by atoms with Crippen molar-refractivity contribution in [3.63, 3.8) is 0 Å². The van der Waals surface area contributed by atoms with Gasteiger partial charge in [0.05, 0.1) is 13.2 Å². The number of thiazole rings is 1. The van der Waals surface area contributed by atoms with Crippen LogP contribution in [0.1, 0.15) is 41.7 Å². The molecule has 20 heavy (non-hydrogen) atoms. The van der Waals surface area contributed by atoms with Gasteiger partial charge in [0.2, 0.25) is 11.8 Å². The number of nitrogens with zero attached hydrogens (tertiary/aromatic N) is 4. The number of aromatic nitrogens is 3. The second-order valence-corrected chi connectivity index (χ2v) is 6.20. The number of rotatable bonds is 4. The highest BCUT2D eigenvalue weighted by Crippen LogP contribution is 2.39. The van der Waals surface area contributed by atoms with E-state index in [-0.39, 0.29) is 6.10 Å². The minimum Gasteiger partial charge on any atom is -0.424 e. The summed E-state index contributed by atoms with van der Waals surface area (Å²) in [5.41, 5.74) is 0.